The van der Waals surface area contributed by atoms with Crippen molar-refractivity contribution in [1.82, 2.24) is 0 Å². The third-order valence-electron chi connectivity index (χ3n) is 4.80. The Morgan fingerprint density at radius 3 is 2.55 bits per heavy atom. The number of aryl methyl sites for hydroxylation is 1. The highest BCUT2D eigenvalue weighted by Crippen LogP contribution is 2.37. The van der Waals surface area contributed by atoms with Crippen molar-refractivity contribution < 1.29 is 0 Å². The van der Waals surface area contributed by atoms with E-state index in [0.29, 0.717) is 0 Å². The minimum Gasteiger partial charge on any atom is -0.0616 e. The van der Waals surface area contributed by atoms with Crippen LogP contribution in [0.25, 0.3) is 10.8 Å². The van der Waals surface area contributed by atoms with E-state index in [0.717, 1.165) is 12.3 Å². The normalized spacial score (nSPS) is 16.6. The molecule has 20 heavy (non-hydrogen) atoms. The van der Waals surface area contributed by atoms with Crippen molar-refractivity contribution in [2.24, 2.45) is 0 Å². The van der Waals surface area contributed by atoms with E-state index in [1.807, 2.05) is 0 Å². The summed E-state index contributed by atoms with van der Waals surface area (Å²) in [5.74, 6) is 0.799. The van der Waals surface area contributed by atoms with Crippen molar-refractivity contribution >= 4 is 10.8 Å². The fourth-order valence-corrected chi connectivity index (χ4v) is 3.73. The summed E-state index contributed by atoms with van der Waals surface area (Å²) >= 11 is 0. The van der Waals surface area contributed by atoms with Crippen molar-refractivity contribution in [2.45, 2.75) is 57.3 Å². The first-order valence-electron chi connectivity index (χ1n) is 8.20. The maximum Gasteiger partial charge on any atom is -0.0149 e. The van der Waals surface area contributed by atoms with Gasteiger partial charge >= 0.3 is 0 Å². The van der Waals surface area contributed by atoms with E-state index in [2.05, 4.69) is 43.3 Å². The molecule has 1 saturated carbocycles. The summed E-state index contributed by atoms with van der Waals surface area (Å²) in [6.45, 7) is 4.02. The molecule has 0 N–H and O–H groups in total. The van der Waals surface area contributed by atoms with Crippen LogP contribution in [0.15, 0.2) is 36.4 Å². The zero-order valence-corrected chi connectivity index (χ0v) is 12.4. The Morgan fingerprint density at radius 1 is 0.950 bits per heavy atom. The molecule has 0 amide bonds. The predicted octanol–water partition coefficient (Wildman–Crippen LogP) is 6.04. The molecule has 2 aromatic carbocycles. The lowest BCUT2D eigenvalue weighted by Crippen LogP contribution is -2.08. The lowest BCUT2D eigenvalue weighted by molar-refractivity contribution is 0.441. The molecule has 0 unspecified atom stereocenters. The van der Waals surface area contributed by atoms with Crippen molar-refractivity contribution in [3.8, 4) is 0 Å². The summed E-state index contributed by atoms with van der Waals surface area (Å²) in [6, 6.07) is 13.6. The highest BCUT2D eigenvalue weighted by atomic mass is 14.2. The predicted molar refractivity (Wildman–Crippen MR) is 88.1 cm³/mol. The van der Waals surface area contributed by atoms with Gasteiger partial charge in [-0.15, -0.1) is 0 Å². The van der Waals surface area contributed by atoms with E-state index >= 15 is 0 Å². The molecule has 1 fully saturated rings. The van der Waals surface area contributed by atoms with Crippen molar-refractivity contribution in [2.75, 3.05) is 0 Å². The Labute approximate surface area is 123 Å². The number of rotatable bonds is 4. The molecule has 0 bridgehead atoms. The summed E-state index contributed by atoms with van der Waals surface area (Å²) in [6.07, 6.45) is 10.4. The Balaban J connectivity index is 2.04. The molecule has 0 atom stereocenters. The van der Waals surface area contributed by atoms with E-state index in [1.165, 1.54) is 55.7 Å². The third kappa shape index (κ3) is 2.75. The minimum atomic E-state index is 0.799. The quantitative estimate of drug-likeness (QED) is 0.631. The SMILES string of the molecule is [CH2]CCCc1c(C2CCCCC2)ccc2ccccc12. The Kier molecular flexibility index (Phi) is 4.40. The Morgan fingerprint density at radius 2 is 1.75 bits per heavy atom. The van der Waals surface area contributed by atoms with Gasteiger partial charge in [-0.3, -0.25) is 0 Å². The molecule has 1 radical (unpaired) electrons. The molecule has 105 valence electrons. The molecule has 0 aromatic heterocycles. The third-order valence-corrected chi connectivity index (χ3v) is 4.80. The van der Waals surface area contributed by atoms with Crippen molar-refractivity contribution in [1.29, 1.82) is 0 Å². The van der Waals surface area contributed by atoms with Crippen molar-refractivity contribution in [3.05, 3.63) is 54.4 Å². The van der Waals surface area contributed by atoms with Gasteiger partial charge in [0.05, 0.1) is 0 Å². The maximum atomic E-state index is 4.02. The number of hydrogen-bond acceptors (Lipinski definition) is 0. The van der Waals surface area contributed by atoms with Gasteiger partial charge in [0.15, 0.2) is 0 Å². The Hall–Kier alpha value is -1.30. The van der Waals surface area contributed by atoms with E-state index in [1.54, 1.807) is 11.1 Å². The van der Waals surface area contributed by atoms with Gasteiger partial charge in [-0.2, -0.15) is 0 Å². The summed E-state index contributed by atoms with van der Waals surface area (Å²) in [4.78, 5) is 0. The van der Waals surface area contributed by atoms with Crippen LogP contribution >= 0.6 is 0 Å². The van der Waals surface area contributed by atoms with Gasteiger partial charge in [0.2, 0.25) is 0 Å². The minimum absolute atomic E-state index is 0.799. The van der Waals surface area contributed by atoms with E-state index in [-0.39, 0.29) is 0 Å². The molecule has 2 aromatic rings. The Bertz CT molecular complexity index is 561. The first-order valence-corrected chi connectivity index (χ1v) is 8.20. The van der Waals surface area contributed by atoms with Gasteiger partial charge in [0.25, 0.3) is 0 Å². The van der Waals surface area contributed by atoms with Crippen molar-refractivity contribution in [3.63, 3.8) is 0 Å². The average Bonchev–Trinajstić information content (AvgIpc) is 2.53. The summed E-state index contributed by atoms with van der Waals surface area (Å²) in [5, 5.41) is 2.87. The van der Waals surface area contributed by atoms with Crippen LogP contribution in [0.5, 0.6) is 0 Å². The molecular weight excluding hydrogens is 240 g/mol. The fourth-order valence-electron chi connectivity index (χ4n) is 3.73. The molecule has 0 heterocycles. The average molecular weight is 265 g/mol. The van der Waals surface area contributed by atoms with Gasteiger partial charge in [0.1, 0.15) is 0 Å². The van der Waals surface area contributed by atoms with Crippen LogP contribution in [-0.2, 0) is 6.42 Å². The van der Waals surface area contributed by atoms with Gasteiger partial charge in [-0.05, 0) is 53.5 Å². The molecule has 0 saturated heterocycles. The number of hydrogen-bond donors (Lipinski definition) is 0. The first-order chi connectivity index (χ1) is 9.90. The van der Waals surface area contributed by atoms with Crippen LogP contribution < -0.4 is 0 Å². The zero-order chi connectivity index (χ0) is 13.8. The van der Waals surface area contributed by atoms with Gasteiger partial charge in [-0.25, -0.2) is 0 Å². The highest BCUT2D eigenvalue weighted by Gasteiger charge is 2.19. The second-order valence-electron chi connectivity index (χ2n) is 6.15. The summed E-state index contributed by atoms with van der Waals surface area (Å²) < 4.78 is 0. The van der Waals surface area contributed by atoms with Gasteiger partial charge < -0.3 is 0 Å². The first kappa shape index (κ1) is 13.7. The van der Waals surface area contributed by atoms with Crippen LogP contribution in [0, 0.1) is 6.92 Å². The number of unbranched alkanes of at least 4 members (excludes halogenated alkanes) is 1. The standard InChI is InChI=1S/C20H25/c1-2-3-12-20-18-13-8-7-11-17(18)14-15-19(20)16-9-5-4-6-10-16/h7-8,11,13-16H,1-6,9-10,12H2. The smallest absolute Gasteiger partial charge is 0.0149 e. The number of fused-ring (bicyclic) bond motifs is 1. The second kappa shape index (κ2) is 6.43. The molecule has 0 spiro atoms. The number of benzene rings is 2. The lowest BCUT2D eigenvalue weighted by atomic mass is 9.80. The molecule has 1 aliphatic carbocycles. The molecule has 0 aliphatic heterocycles. The fraction of sp³-hybridized carbons (Fsp3) is 0.450. The summed E-state index contributed by atoms with van der Waals surface area (Å²) in [7, 11) is 0. The monoisotopic (exact) mass is 265 g/mol. The van der Waals surface area contributed by atoms with Crippen LogP contribution in [0.1, 0.15) is 62.0 Å². The molecule has 0 nitrogen and oxygen atoms in total. The van der Waals surface area contributed by atoms with E-state index < -0.39 is 0 Å². The molecule has 1 aliphatic rings. The van der Waals surface area contributed by atoms with Gasteiger partial charge in [-0.1, -0.05) is 69.0 Å². The largest absolute Gasteiger partial charge is 0.0616 e. The summed E-state index contributed by atoms with van der Waals surface area (Å²) in [5.41, 5.74) is 3.25. The lowest BCUT2D eigenvalue weighted by Gasteiger charge is -2.25. The molecule has 0 heteroatoms. The van der Waals surface area contributed by atoms with Crippen LogP contribution in [0.3, 0.4) is 0 Å². The van der Waals surface area contributed by atoms with Crippen LogP contribution in [-0.4, -0.2) is 0 Å². The maximum absolute atomic E-state index is 4.02. The van der Waals surface area contributed by atoms with Crippen LogP contribution in [0.2, 0.25) is 0 Å². The highest BCUT2D eigenvalue weighted by molar-refractivity contribution is 5.87. The second-order valence-corrected chi connectivity index (χ2v) is 6.15. The molecule has 3 rings (SSSR count). The topological polar surface area (TPSA) is 0 Å². The van der Waals surface area contributed by atoms with Crippen LogP contribution in [0.4, 0.5) is 0 Å². The van der Waals surface area contributed by atoms with E-state index in [9.17, 15) is 0 Å². The zero-order valence-electron chi connectivity index (χ0n) is 12.4. The molecular formula is C20H25. The van der Waals surface area contributed by atoms with E-state index in [4.69, 9.17) is 0 Å². The van der Waals surface area contributed by atoms with Gasteiger partial charge in [0, 0.05) is 0 Å².